The van der Waals surface area contributed by atoms with E-state index < -0.39 is 7.44 Å². The summed E-state index contributed by atoms with van der Waals surface area (Å²) in [6.45, 7) is 4.11. The standard InChI is InChI=1S/C4H11N2O2P/c1-4(2)9(7)5-3-8-6-9/h4H,3H2,1-2H3,(H2,5,6,7). The minimum atomic E-state index is -2.36. The highest BCUT2D eigenvalue weighted by atomic mass is 31.2. The Morgan fingerprint density at radius 3 is 2.56 bits per heavy atom. The van der Waals surface area contributed by atoms with Crippen LogP contribution >= 0.6 is 7.44 Å². The summed E-state index contributed by atoms with van der Waals surface area (Å²) in [5, 5.41) is 5.23. The molecule has 0 aromatic carbocycles. The molecular formula is C4H11N2O2P. The minimum Gasteiger partial charge on any atom is -0.287 e. The van der Waals surface area contributed by atoms with Gasteiger partial charge in [-0.25, -0.2) is 5.09 Å². The molecule has 1 aliphatic rings. The van der Waals surface area contributed by atoms with E-state index in [9.17, 15) is 4.57 Å². The molecule has 0 aliphatic carbocycles. The van der Waals surface area contributed by atoms with Crippen LogP contribution in [0.4, 0.5) is 0 Å². The molecule has 1 rings (SSSR count). The van der Waals surface area contributed by atoms with Gasteiger partial charge in [-0.3, -0.25) is 9.40 Å². The summed E-state index contributed by atoms with van der Waals surface area (Å²) in [6.07, 6.45) is 0. The molecule has 9 heavy (non-hydrogen) atoms. The van der Waals surface area contributed by atoms with Gasteiger partial charge in [-0.1, -0.05) is 13.8 Å². The molecule has 1 heterocycles. The third kappa shape index (κ3) is 1.33. The van der Waals surface area contributed by atoms with Crippen LogP contribution < -0.4 is 10.3 Å². The van der Waals surface area contributed by atoms with Gasteiger partial charge in [0.1, 0.15) is 6.73 Å². The van der Waals surface area contributed by atoms with E-state index in [1.54, 1.807) is 0 Å². The van der Waals surface area contributed by atoms with Crippen LogP contribution in [0, 0.1) is 0 Å². The van der Waals surface area contributed by atoms with Crippen molar-refractivity contribution in [2.24, 2.45) is 0 Å². The lowest BCUT2D eigenvalue weighted by Gasteiger charge is -2.12. The lowest BCUT2D eigenvalue weighted by molar-refractivity contribution is 0.118. The third-order valence-corrected chi connectivity index (χ3v) is 3.75. The first-order valence-corrected chi connectivity index (χ1v) is 4.67. The first-order valence-electron chi connectivity index (χ1n) is 2.89. The van der Waals surface area contributed by atoms with Gasteiger partial charge in [-0.2, -0.15) is 0 Å². The zero-order valence-electron chi connectivity index (χ0n) is 5.55. The molecule has 0 saturated carbocycles. The Balaban J connectivity index is 2.62. The Kier molecular flexibility index (Phi) is 1.91. The molecule has 1 atom stereocenters. The van der Waals surface area contributed by atoms with E-state index in [1.807, 2.05) is 13.8 Å². The van der Waals surface area contributed by atoms with Crippen molar-refractivity contribution in [1.82, 2.24) is 10.3 Å². The molecule has 4 nitrogen and oxygen atoms in total. The molecule has 0 amide bonds. The Labute approximate surface area is 54.4 Å². The van der Waals surface area contributed by atoms with Crippen molar-refractivity contribution in [3.8, 4) is 0 Å². The molecule has 5 heteroatoms. The van der Waals surface area contributed by atoms with Crippen molar-refractivity contribution in [2.45, 2.75) is 19.5 Å². The van der Waals surface area contributed by atoms with Gasteiger partial charge in [-0.05, 0) is 0 Å². The minimum absolute atomic E-state index is 0.0972. The normalized spacial score (nSPS) is 35.9. The third-order valence-electron chi connectivity index (χ3n) is 1.30. The number of hydrogen-bond donors (Lipinski definition) is 2. The zero-order chi connectivity index (χ0) is 6.91. The van der Waals surface area contributed by atoms with Crippen LogP contribution in [-0.2, 0) is 9.40 Å². The zero-order valence-corrected chi connectivity index (χ0v) is 6.44. The number of nitrogens with one attached hydrogen (secondary N) is 2. The van der Waals surface area contributed by atoms with Gasteiger partial charge in [0.25, 0.3) is 0 Å². The summed E-state index contributed by atoms with van der Waals surface area (Å²) in [6, 6.07) is 0. The van der Waals surface area contributed by atoms with E-state index >= 15 is 0 Å². The van der Waals surface area contributed by atoms with Crippen molar-refractivity contribution in [1.29, 1.82) is 0 Å². The maximum atomic E-state index is 11.4. The average molecular weight is 150 g/mol. The maximum absolute atomic E-state index is 11.4. The maximum Gasteiger partial charge on any atom is 0.238 e. The predicted molar refractivity (Wildman–Crippen MR) is 35.0 cm³/mol. The molecule has 0 radical (unpaired) electrons. The largest absolute Gasteiger partial charge is 0.287 e. The van der Waals surface area contributed by atoms with E-state index in [-0.39, 0.29) is 5.66 Å². The van der Waals surface area contributed by atoms with Gasteiger partial charge in [0.15, 0.2) is 0 Å². The van der Waals surface area contributed by atoms with E-state index in [2.05, 4.69) is 10.3 Å². The number of rotatable bonds is 1. The van der Waals surface area contributed by atoms with Gasteiger partial charge in [0.2, 0.25) is 7.44 Å². The Morgan fingerprint density at radius 1 is 1.67 bits per heavy atom. The highest BCUT2D eigenvalue weighted by Gasteiger charge is 2.30. The van der Waals surface area contributed by atoms with Crippen LogP contribution in [0.2, 0.25) is 0 Å². The Bertz CT molecular complexity index is 138. The van der Waals surface area contributed by atoms with Crippen LogP contribution in [0.25, 0.3) is 0 Å². The first-order chi connectivity index (χ1) is 4.15. The lowest BCUT2D eigenvalue weighted by atomic mass is 10.6. The second kappa shape index (κ2) is 2.39. The highest BCUT2D eigenvalue weighted by molar-refractivity contribution is 7.60. The first kappa shape index (κ1) is 7.22. The molecule has 0 aromatic rings. The molecule has 1 fully saturated rings. The quantitative estimate of drug-likeness (QED) is 0.539. The van der Waals surface area contributed by atoms with Crippen molar-refractivity contribution in [2.75, 3.05) is 6.73 Å². The molecule has 1 unspecified atom stereocenters. The predicted octanol–water partition coefficient (Wildman–Crippen LogP) is 0.670. The van der Waals surface area contributed by atoms with Crippen LogP contribution in [-0.4, -0.2) is 12.4 Å². The number of hydrogen-bond acceptors (Lipinski definition) is 2. The van der Waals surface area contributed by atoms with Crippen LogP contribution in [0.3, 0.4) is 0 Å². The van der Waals surface area contributed by atoms with Crippen molar-refractivity contribution < 1.29 is 9.40 Å². The van der Waals surface area contributed by atoms with Crippen LogP contribution in [0.5, 0.6) is 0 Å². The van der Waals surface area contributed by atoms with Crippen molar-refractivity contribution >= 4 is 7.44 Å². The molecule has 2 N–H and O–H groups in total. The molecular weight excluding hydrogens is 139 g/mol. The van der Waals surface area contributed by atoms with Gasteiger partial charge in [0.05, 0.1) is 0 Å². The Hall–Kier alpha value is 0.110. The lowest BCUT2D eigenvalue weighted by Crippen LogP contribution is -2.14. The van der Waals surface area contributed by atoms with E-state index in [1.165, 1.54) is 0 Å². The van der Waals surface area contributed by atoms with E-state index in [0.717, 1.165) is 0 Å². The van der Waals surface area contributed by atoms with Crippen molar-refractivity contribution in [3.05, 3.63) is 0 Å². The molecule has 1 aliphatic heterocycles. The molecule has 0 aromatic heterocycles. The van der Waals surface area contributed by atoms with Gasteiger partial charge in [0, 0.05) is 5.66 Å². The van der Waals surface area contributed by atoms with E-state index in [0.29, 0.717) is 6.73 Å². The summed E-state index contributed by atoms with van der Waals surface area (Å²) < 4.78 is 11.4. The second-order valence-electron chi connectivity index (χ2n) is 2.29. The van der Waals surface area contributed by atoms with E-state index in [4.69, 9.17) is 4.84 Å². The molecule has 54 valence electrons. The average Bonchev–Trinajstić information content (AvgIpc) is 2.16. The van der Waals surface area contributed by atoms with Crippen molar-refractivity contribution in [3.63, 3.8) is 0 Å². The monoisotopic (exact) mass is 150 g/mol. The van der Waals surface area contributed by atoms with Gasteiger partial charge in [-0.15, -0.1) is 5.25 Å². The fraction of sp³-hybridized carbons (Fsp3) is 1.00. The second-order valence-corrected chi connectivity index (χ2v) is 5.14. The topological polar surface area (TPSA) is 50.4 Å². The smallest absolute Gasteiger partial charge is 0.238 e. The molecule has 1 saturated heterocycles. The summed E-state index contributed by atoms with van der Waals surface area (Å²) in [4.78, 5) is 4.70. The Morgan fingerprint density at radius 2 is 2.33 bits per heavy atom. The van der Waals surface area contributed by atoms with Crippen LogP contribution in [0.15, 0.2) is 0 Å². The fourth-order valence-corrected chi connectivity index (χ4v) is 1.73. The summed E-state index contributed by atoms with van der Waals surface area (Å²) in [7, 11) is -2.36. The highest BCUT2D eigenvalue weighted by Crippen LogP contribution is 2.43. The SMILES string of the molecule is CC(C)P1(=O)NCON1. The summed E-state index contributed by atoms with van der Waals surface area (Å²) >= 11 is 0. The fourth-order valence-electron chi connectivity index (χ4n) is 0.577. The van der Waals surface area contributed by atoms with Gasteiger partial charge >= 0.3 is 0 Å². The van der Waals surface area contributed by atoms with Crippen LogP contribution in [0.1, 0.15) is 13.8 Å². The summed E-state index contributed by atoms with van der Waals surface area (Å²) in [5.41, 5.74) is 0.0972. The molecule has 0 bridgehead atoms. The summed E-state index contributed by atoms with van der Waals surface area (Å²) in [5.74, 6) is 0. The molecule has 0 spiro atoms. The van der Waals surface area contributed by atoms with Gasteiger partial charge < -0.3 is 0 Å².